The Morgan fingerprint density at radius 3 is 2.55 bits per heavy atom. The van der Waals surface area contributed by atoms with Crippen molar-refractivity contribution in [3.05, 3.63) is 59.8 Å². The highest BCUT2D eigenvalue weighted by molar-refractivity contribution is 14.1. The van der Waals surface area contributed by atoms with Gasteiger partial charge in [0.15, 0.2) is 11.0 Å². The summed E-state index contributed by atoms with van der Waals surface area (Å²) in [5.41, 5.74) is 0.957. The lowest BCUT2D eigenvalue weighted by atomic mass is 10.1. The van der Waals surface area contributed by atoms with E-state index in [0.29, 0.717) is 22.3 Å². The number of benzene rings is 2. The van der Waals surface area contributed by atoms with Crippen LogP contribution in [0.4, 0.5) is 0 Å². The molecule has 0 unspecified atom stereocenters. The molecule has 5 heteroatoms. The molecule has 0 saturated heterocycles. The predicted molar refractivity (Wildman–Crippen MR) is 95.0 cm³/mol. The second-order valence-electron chi connectivity index (χ2n) is 4.26. The van der Waals surface area contributed by atoms with Gasteiger partial charge < -0.3 is 9.52 Å². The molecule has 1 aromatic heterocycles. The second kappa shape index (κ2) is 5.36. The van der Waals surface area contributed by atoms with Crippen molar-refractivity contribution < 1.29 is 9.52 Å². The van der Waals surface area contributed by atoms with Crippen LogP contribution < -0.4 is 5.43 Å². The first-order valence-corrected chi connectivity index (χ1v) is 7.93. The SMILES string of the molecule is O=c1cc(-c2ccccc2O)oc2c(I)cc(I)cc12. The van der Waals surface area contributed by atoms with Crippen LogP contribution in [0.5, 0.6) is 5.75 Å². The molecule has 0 atom stereocenters. The number of fused-ring (bicyclic) bond motifs is 1. The van der Waals surface area contributed by atoms with E-state index < -0.39 is 0 Å². The van der Waals surface area contributed by atoms with Crippen LogP contribution in [0.3, 0.4) is 0 Å². The summed E-state index contributed by atoms with van der Waals surface area (Å²) in [6.07, 6.45) is 0. The van der Waals surface area contributed by atoms with Gasteiger partial charge in [-0.1, -0.05) is 12.1 Å². The standard InChI is InChI=1S/C15H8I2O3/c16-8-5-10-13(19)7-14(20-15(10)11(17)6-8)9-3-1-2-4-12(9)18/h1-7,18H. The molecule has 0 aliphatic rings. The molecule has 2 aromatic carbocycles. The predicted octanol–water partition coefficient (Wildman–Crippen LogP) is 4.37. The zero-order chi connectivity index (χ0) is 14.3. The molecule has 3 nitrogen and oxygen atoms in total. The van der Waals surface area contributed by atoms with Crippen molar-refractivity contribution in [3.63, 3.8) is 0 Å². The molecule has 0 amide bonds. The van der Waals surface area contributed by atoms with Gasteiger partial charge in [-0.3, -0.25) is 4.79 Å². The molecule has 0 bridgehead atoms. The zero-order valence-electron chi connectivity index (χ0n) is 10.1. The Bertz CT molecular complexity index is 869. The number of phenols is 1. The van der Waals surface area contributed by atoms with Crippen molar-refractivity contribution in [2.45, 2.75) is 0 Å². The summed E-state index contributed by atoms with van der Waals surface area (Å²) in [5, 5.41) is 10.4. The third-order valence-corrected chi connectivity index (χ3v) is 4.34. The Hall–Kier alpha value is -1.09. The number of aromatic hydroxyl groups is 1. The number of halogens is 2. The summed E-state index contributed by atoms with van der Waals surface area (Å²) in [5.74, 6) is 0.468. The fraction of sp³-hybridized carbons (Fsp3) is 0. The Labute approximate surface area is 141 Å². The molecular formula is C15H8I2O3. The zero-order valence-corrected chi connectivity index (χ0v) is 14.4. The largest absolute Gasteiger partial charge is 0.507 e. The molecule has 3 aromatic rings. The molecule has 3 rings (SSSR count). The Morgan fingerprint density at radius 1 is 1.05 bits per heavy atom. The molecule has 0 spiro atoms. The summed E-state index contributed by atoms with van der Waals surface area (Å²) in [6, 6.07) is 12.0. The summed E-state index contributed by atoms with van der Waals surface area (Å²) in [4.78, 5) is 12.2. The summed E-state index contributed by atoms with van der Waals surface area (Å²) < 4.78 is 7.69. The van der Waals surface area contributed by atoms with Crippen LogP contribution in [0, 0.1) is 7.14 Å². The van der Waals surface area contributed by atoms with Gasteiger partial charge in [0.2, 0.25) is 0 Å². The van der Waals surface area contributed by atoms with Crippen molar-refractivity contribution in [3.8, 4) is 17.1 Å². The van der Waals surface area contributed by atoms with Crippen molar-refractivity contribution in [1.29, 1.82) is 0 Å². The molecule has 0 fully saturated rings. The molecule has 1 heterocycles. The highest BCUT2D eigenvalue weighted by Crippen LogP contribution is 2.31. The van der Waals surface area contributed by atoms with Crippen molar-refractivity contribution in [2.75, 3.05) is 0 Å². The van der Waals surface area contributed by atoms with Crippen molar-refractivity contribution in [2.24, 2.45) is 0 Å². The number of rotatable bonds is 1. The summed E-state index contributed by atoms with van der Waals surface area (Å²) >= 11 is 4.32. The number of phenolic OH excluding ortho intramolecular Hbond substituents is 1. The maximum absolute atomic E-state index is 12.2. The molecule has 1 N–H and O–H groups in total. The monoisotopic (exact) mass is 490 g/mol. The maximum Gasteiger partial charge on any atom is 0.193 e. The van der Waals surface area contributed by atoms with E-state index in [1.165, 1.54) is 6.07 Å². The topological polar surface area (TPSA) is 50.4 Å². The summed E-state index contributed by atoms with van der Waals surface area (Å²) in [7, 11) is 0. The molecule has 0 saturated carbocycles. The maximum atomic E-state index is 12.2. The van der Waals surface area contributed by atoms with Gasteiger partial charge in [-0.05, 0) is 69.4 Å². The average molecular weight is 490 g/mol. The molecule has 20 heavy (non-hydrogen) atoms. The first-order chi connectivity index (χ1) is 9.56. The van der Waals surface area contributed by atoms with E-state index in [1.807, 2.05) is 6.07 Å². The van der Waals surface area contributed by atoms with Gasteiger partial charge >= 0.3 is 0 Å². The lowest BCUT2D eigenvalue weighted by molar-refractivity contribution is 0.474. The van der Waals surface area contributed by atoms with Gasteiger partial charge in [0.25, 0.3) is 0 Å². The van der Waals surface area contributed by atoms with E-state index in [-0.39, 0.29) is 11.2 Å². The van der Waals surface area contributed by atoms with E-state index in [9.17, 15) is 9.90 Å². The molecule has 0 radical (unpaired) electrons. The van der Waals surface area contributed by atoms with E-state index in [2.05, 4.69) is 45.2 Å². The van der Waals surface area contributed by atoms with Gasteiger partial charge in [0, 0.05) is 9.64 Å². The minimum absolute atomic E-state index is 0.0931. The Morgan fingerprint density at radius 2 is 1.80 bits per heavy atom. The van der Waals surface area contributed by atoms with Crippen LogP contribution in [0.15, 0.2) is 51.7 Å². The number of hydrogen-bond acceptors (Lipinski definition) is 3. The number of hydrogen-bond donors (Lipinski definition) is 1. The van der Waals surface area contributed by atoms with Gasteiger partial charge in [0.1, 0.15) is 11.5 Å². The van der Waals surface area contributed by atoms with E-state index in [1.54, 1.807) is 30.3 Å². The van der Waals surface area contributed by atoms with Crippen LogP contribution in [-0.2, 0) is 0 Å². The third kappa shape index (κ3) is 2.44. The first-order valence-electron chi connectivity index (χ1n) is 5.77. The summed E-state index contributed by atoms with van der Waals surface area (Å²) in [6.45, 7) is 0. The number of para-hydroxylation sites is 1. The smallest absolute Gasteiger partial charge is 0.193 e. The van der Waals surface area contributed by atoms with Crippen LogP contribution >= 0.6 is 45.2 Å². The Balaban J connectivity index is 2.36. The molecule has 0 aliphatic heterocycles. The van der Waals surface area contributed by atoms with Crippen LogP contribution in [-0.4, -0.2) is 5.11 Å². The van der Waals surface area contributed by atoms with Gasteiger partial charge in [-0.15, -0.1) is 0 Å². The van der Waals surface area contributed by atoms with E-state index in [4.69, 9.17) is 4.42 Å². The average Bonchev–Trinajstić information content (AvgIpc) is 2.40. The quantitative estimate of drug-likeness (QED) is 0.516. The van der Waals surface area contributed by atoms with Crippen molar-refractivity contribution >= 4 is 56.2 Å². The highest BCUT2D eigenvalue weighted by Gasteiger charge is 2.12. The fourth-order valence-electron chi connectivity index (χ4n) is 2.00. The van der Waals surface area contributed by atoms with Gasteiger partial charge in [0.05, 0.1) is 14.5 Å². The van der Waals surface area contributed by atoms with E-state index >= 15 is 0 Å². The molecular weight excluding hydrogens is 482 g/mol. The minimum atomic E-state index is -0.110. The lowest BCUT2D eigenvalue weighted by Gasteiger charge is -2.06. The molecule has 0 aliphatic carbocycles. The first kappa shape index (κ1) is 13.9. The van der Waals surface area contributed by atoms with Crippen molar-refractivity contribution in [1.82, 2.24) is 0 Å². The van der Waals surface area contributed by atoms with E-state index in [0.717, 1.165) is 7.14 Å². The van der Waals surface area contributed by atoms with Crippen LogP contribution in [0.2, 0.25) is 0 Å². The Kier molecular flexibility index (Phi) is 3.72. The van der Waals surface area contributed by atoms with Crippen LogP contribution in [0.1, 0.15) is 0 Å². The van der Waals surface area contributed by atoms with Gasteiger partial charge in [-0.25, -0.2) is 0 Å². The van der Waals surface area contributed by atoms with Gasteiger partial charge in [-0.2, -0.15) is 0 Å². The highest BCUT2D eigenvalue weighted by atomic mass is 127. The van der Waals surface area contributed by atoms with Crippen LogP contribution in [0.25, 0.3) is 22.3 Å². The fourth-order valence-corrected chi connectivity index (χ4v) is 3.95. The second-order valence-corrected chi connectivity index (χ2v) is 6.66. The molecule has 100 valence electrons. The third-order valence-electron chi connectivity index (χ3n) is 2.92. The normalized spacial score (nSPS) is 10.9. The minimum Gasteiger partial charge on any atom is -0.507 e. The lowest BCUT2D eigenvalue weighted by Crippen LogP contribution is -2.02.